The molecule has 0 aliphatic carbocycles. The maximum Gasteiger partial charge on any atom is 0.228 e. The molecule has 0 saturated carbocycles. The zero-order valence-electron chi connectivity index (χ0n) is 15.2. The van der Waals surface area contributed by atoms with Crippen molar-refractivity contribution in [3.63, 3.8) is 0 Å². The molecular weight excluding hydrogens is 358 g/mol. The number of hydrogen-bond acceptors (Lipinski definition) is 4. The van der Waals surface area contributed by atoms with Crippen LogP contribution in [0.1, 0.15) is 30.5 Å². The Balaban J connectivity index is 1.67. The standard InChI is InChI=1S/C21H21N3O2S/c1-14-8-10-17(11-9-14)19-13-27-21(23-19)24-20(26)12-18(22-15(2)25)16-6-4-3-5-7-16/h3-11,13,18H,12H2,1-2H3,(H,22,25)(H,23,24,26)/t18-/m0/s1. The van der Waals surface area contributed by atoms with E-state index in [4.69, 9.17) is 0 Å². The maximum absolute atomic E-state index is 12.5. The molecule has 3 aromatic rings. The lowest BCUT2D eigenvalue weighted by Crippen LogP contribution is -2.29. The van der Waals surface area contributed by atoms with Crippen LogP contribution in [0.4, 0.5) is 5.13 Å². The smallest absolute Gasteiger partial charge is 0.228 e. The summed E-state index contributed by atoms with van der Waals surface area (Å²) in [6.45, 7) is 3.48. The van der Waals surface area contributed by atoms with Crippen molar-refractivity contribution in [2.45, 2.75) is 26.3 Å². The van der Waals surface area contributed by atoms with E-state index in [-0.39, 0.29) is 24.3 Å². The van der Waals surface area contributed by atoms with Gasteiger partial charge in [-0.25, -0.2) is 4.98 Å². The molecule has 3 rings (SSSR count). The summed E-state index contributed by atoms with van der Waals surface area (Å²) in [5.74, 6) is -0.366. The van der Waals surface area contributed by atoms with E-state index in [1.54, 1.807) is 0 Å². The minimum absolute atomic E-state index is 0.142. The Labute approximate surface area is 162 Å². The highest BCUT2D eigenvalue weighted by Crippen LogP contribution is 2.26. The van der Waals surface area contributed by atoms with Crippen molar-refractivity contribution >= 4 is 28.3 Å². The summed E-state index contributed by atoms with van der Waals surface area (Å²) in [6.07, 6.45) is 0.142. The van der Waals surface area contributed by atoms with Crippen molar-refractivity contribution in [2.75, 3.05) is 5.32 Å². The summed E-state index contributed by atoms with van der Waals surface area (Å²) in [5, 5.41) is 8.13. The lowest BCUT2D eigenvalue weighted by Gasteiger charge is -2.17. The zero-order chi connectivity index (χ0) is 19.2. The summed E-state index contributed by atoms with van der Waals surface area (Å²) in [5.41, 5.74) is 3.92. The van der Waals surface area contributed by atoms with Crippen LogP contribution >= 0.6 is 11.3 Å². The number of carbonyl (C=O) groups is 2. The molecule has 0 radical (unpaired) electrons. The van der Waals surface area contributed by atoms with Gasteiger partial charge in [-0.1, -0.05) is 60.2 Å². The van der Waals surface area contributed by atoms with Gasteiger partial charge in [0.25, 0.3) is 0 Å². The van der Waals surface area contributed by atoms with Crippen LogP contribution in [0.5, 0.6) is 0 Å². The molecule has 2 N–H and O–H groups in total. The van der Waals surface area contributed by atoms with Crippen LogP contribution in [0.25, 0.3) is 11.3 Å². The van der Waals surface area contributed by atoms with E-state index in [9.17, 15) is 9.59 Å². The first kappa shape index (κ1) is 18.8. The van der Waals surface area contributed by atoms with Gasteiger partial charge in [0.1, 0.15) is 0 Å². The van der Waals surface area contributed by atoms with E-state index in [2.05, 4.69) is 15.6 Å². The van der Waals surface area contributed by atoms with E-state index in [1.165, 1.54) is 23.8 Å². The molecule has 1 atom stereocenters. The predicted octanol–water partition coefficient (Wildman–Crippen LogP) is 4.32. The fraction of sp³-hybridized carbons (Fsp3) is 0.190. The van der Waals surface area contributed by atoms with Crippen molar-refractivity contribution in [2.24, 2.45) is 0 Å². The van der Waals surface area contributed by atoms with Gasteiger partial charge in [-0.3, -0.25) is 9.59 Å². The Morgan fingerprint density at radius 3 is 2.44 bits per heavy atom. The molecule has 0 aliphatic rings. The summed E-state index contributed by atoms with van der Waals surface area (Å²) in [4.78, 5) is 28.5. The summed E-state index contributed by atoms with van der Waals surface area (Å²) >= 11 is 1.38. The second kappa shape index (κ2) is 8.60. The maximum atomic E-state index is 12.5. The average Bonchev–Trinajstić information content (AvgIpc) is 3.10. The number of hydrogen-bond donors (Lipinski definition) is 2. The van der Waals surface area contributed by atoms with Crippen LogP contribution in [0.3, 0.4) is 0 Å². The Morgan fingerprint density at radius 1 is 1.07 bits per heavy atom. The van der Waals surface area contributed by atoms with Gasteiger partial charge in [0.15, 0.2) is 5.13 Å². The highest BCUT2D eigenvalue weighted by molar-refractivity contribution is 7.14. The first-order valence-electron chi connectivity index (χ1n) is 8.66. The molecule has 1 heterocycles. The fourth-order valence-electron chi connectivity index (χ4n) is 2.73. The molecular formula is C21H21N3O2S. The lowest BCUT2D eigenvalue weighted by atomic mass is 10.0. The molecule has 0 bridgehead atoms. The number of thiazole rings is 1. The largest absolute Gasteiger partial charge is 0.349 e. The average molecular weight is 379 g/mol. The Morgan fingerprint density at radius 2 is 1.78 bits per heavy atom. The van der Waals surface area contributed by atoms with Crippen molar-refractivity contribution < 1.29 is 9.59 Å². The summed E-state index contributed by atoms with van der Waals surface area (Å²) in [7, 11) is 0. The van der Waals surface area contributed by atoms with Crippen molar-refractivity contribution in [1.29, 1.82) is 0 Å². The van der Waals surface area contributed by atoms with E-state index in [0.29, 0.717) is 5.13 Å². The second-order valence-corrected chi connectivity index (χ2v) is 7.18. The van der Waals surface area contributed by atoms with Crippen LogP contribution in [0.2, 0.25) is 0 Å². The summed E-state index contributed by atoms with van der Waals surface area (Å²) in [6, 6.07) is 17.2. The number of benzene rings is 2. The van der Waals surface area contributed by atoms with Gasteiger partial charge in [0.2, 0.25) is 11.8 Å². The minimum Gasteiger partial charge on any atom is -0.349 e. The van der Waals surface area contributed by atoms with Gasteiger partial charge >= 0.3 is 0 Å². The number of nitrogens with zero attached hydrogens (tertiary/aromatic N) is 1. The molecule has 5 nitrogen and oxygen atoms in total. The lowest BCUT2D eigenvalue weighted by molar-refractivity contribution is -0.120. The van der Waals surface area contributed by atoms with E-state index in [1.807, 2.05) is 66.9 Å². The predicted molar refractivity (Wildman–Crippen MR) is 109 cm³/mol. The SMILES string of the molecule is CC(=O)N[C@@H](CC(=O)Nc1nc(-c2ccc(C)cc2)cs1)c1ccccc1. The third-order valence-electron chi connectivity index (χ3n) is 4.07. The molecule has 0 fully saturated rings. The van der Waals surface area contributed by atoms with Crippen LogP contribution in [-0.4, -0.2) is 16.8 Å². The van der Waals surface area contributed by atoms with Crippen LogP contribution in [0, 0.1) is 6.92 Å². The number of aryl methyl sites for hydroxylation is 1. The normalized spacial score (nSPS) is 11.6. The minimum atomic E-state index is -0.375. The first-order chi connectivity index (χ1) is 13.0. The van der Waals surface area contributed by atoms with Crippen molar-refractivity contribution in [1.82, 2.24) is 10.3 Å². The number of carbonyl (C=O) groups excluding carboxylic acids is 2. The molecule has 0 aliphatic heterocycles. The van der Waals surface area contributed by atoms with Crippen LogP contribution in [0.15, 0.2) is 60.0 Å². The molecule has 1 aromatic heterocycles. The van der Waals surface area contributed by atoms with Gasteiger partial charge in [-0.2, -0.15) is 0 Å². The van der Waals surface area contributed by atoms with Gasteiger partial charge in [0, 0.05) is 17.9 Å². The third kappa shape index (κ3) is 5.24. The third-order valence-corrected chi connectivity index (χ3v) is 4.82. The number of anilines is 1. The highest BCUT2D eigenvalue weighted by atomic mass is 32.1. The Bertz CT molecular complexity index is 920. The summed E-state index contributed by atoms with van der Waals surface area (Å²) < 4.78 is 0. The molecule has 138 valence electrons. The fourth-order valence-corrected chi connectivity index (χ4v) is 3.46. The molecule has 0 spiro atoms. The molecule has 6 heteroatoms. The molecule has 2 amide bonds. The first-order valence-corrected chi connectivity index (χ1v) is 9.53. The molecule has 27 heavy (non-hydrogen) atoms. The quantitative estimate of drug-likeness (QED) is 0.670. The van der Waals surface area contributed by atoms with Gasteiger partial charge < -0.3 is 10.6 Å². The van der Waals surface area contributed by atoms with Gasteiger partial charge in [-0.15, -0.1) is 11.3 Å². The van der Waals surface area contributed by atoms with Gasteiger partial charge in [-0.05, 0) is 12.5 Å². The second-order valence-electron chi connectivity index (χ2n) is 6.32. The molecule has 0 unspecified atom stereocenters. The number of aromatic nitrogens is 1. The van der Waals surface area contributed by atoms with E-state index < -0.39 is 0 Å². The Hall–Kier alpha value is -2.99. The molecule has 2 aromatic carbocycles. The van der Waals surface area contributed by atoms with Crippen molar-refractivity contribution in [3.8, 4) is 11.3 Å². The topological polar surface area (TPSA) is 71.1 Å². The van der Waals surface area contributed by atoms with Gasteiger partial charge in [0.05, 0.1) is 18.2 Å². The van der Waals surface area contributed by atoms with Crippen LogP contribution in [-0.2, 0) is 9.59 Å². The monoisotopic (exact) mass is 379 g/mol. The number of rotatable bonds is 6. The van der Waals surface area contributed by atoms with Crippen molar-refractivity contribution in [3.05, 3.63) is 71.1 Å². The van der Waals surface area contributed by atoms with E-state index >= 15 is 0 Å². The highest BCUT2D eigenvalue weighted by Gasteiger charge is 2.18. The Kier molecular flexibility index (Phi) is 5.98. The zero-order valence-corrected chi connectivity index (χ0v) is 16.0. The number of nitrogens with one attached hydrogen (secondary N) is 2. The van der Waals surface area contributed by atoms with Crippen LogP contribution < -0.4 is 10.6 Å². The molecule has 0 saturated heterocycles. The van der Waals surface area contributed by atoms with E-state index in [0.717, 1.165) is 16.8 Å². The number of amides is 2.